The lowest BCUT2D eigenvalue weighted by Crippen LogP contribution is -2.23. The normalized spacial score (nSPS) is 16.7. The maximum Gasteiger partial charge on any atom is 0.269 e. The minimum atomic E-state index is -0.456. The molecule has 9 heteroatoms. The number of likely N-dealkylation sites (N-methyl/N-ethyl adjacent to an activating group) is 1. The third kappa shape index (κ3) is 4.10. The fourth-order valence-corrected chi connectivity index (χ4v) is 4.36. The Labute approximate surface area is 174 Å². The molecule has 0 spiro atoms. The van der Waals surface area contributed by atoms with Crippen LogP contribution >= 0.6 is 23.1 Å². The predicted molar refractivity (Wildman–Crippen MR) is 116 cm³/mol. The number of non-ortho nitro benzene ring substituents is 1. The van der Waals surface area contributed by atoms with Crippen LogP contribution in [-0.4, -0.2) is 32.9 Å². The lowest BCUT2D eigenvalue weighted by molar-refractivity contribution is -0.384. The summed E-state index contributed by atoms with van der Waals surface area (Å²) in [6.45, 7) is 0. The number of thiazole rings is 1. The number of aromatic nitrogens is 1. The van der Waals surface area contributed by atoms with Gasteiger partial charge in [0.1, 0.15) is 0 Å². The molecule has 1 amide bonds. The summed E-state index contributed by atoms with van der Waals surface area (Å²) in [4.78, 5) is 33.9. The molecule has 1 aliphatic heterocycles. The van der Waals surface area contributed by atoms with Gasteiger partial charge in [0.15, 0.2) is 5.17 Å². The van der Waals surface area contributed by atoms with Gasteiger partial charge < -0.3 is 0 Å². The highest BCUT2D eigenvalue weighted by Gasteiger charge is 2.30. The standard InChI is InChI=1S/C20H14N4O3S2/c1-23-18(25)17(11-13-7-9-15(10-8-13)24(26)27)29-20(23)22-19-21-16(12-28-19)14-5-3-2-4-6-14/h2-12H,1H3/b17-11-,22-20+. The van der Waals surface area contributed by atoms with Crippen LogP contribution in [0.5, 0.6) is 0 Å². The number of amidine groups is 1. The van der Waals surface area contributed by atoms with Crippen LogP contribution in [0, 0.1) is 10.1 Å². The zero-order valence-corrected chi connectivity index (χ0v) is 16.8. The molecule has 1 aliphatic rings. The first-order valence-electron chi connectivity index (χ1n) is 8.53. The molecule has 0 unspecified atom stereocenters. The van der Waals surface area contributed by atoms with Crippen molar-refractivity contribution in [2.24, 2.45) is 4.99 Å². The summed E-state index contributed by atoms with van der Waals surface area (Å²) in [5.41, 5.74) is 2.57. The third-order valence-corrected chi connectivity index (χ3v) is 5.95. The van der Waals surface area contributed by atoms with Gasteiger partial charge in [0, 0.05) is 30.1 Å². The second kappa shape index (κ2) is 7.98. The number of carbonyl (C=O) groups is 1. The van der Waals surface area contributed by atoms with Gasteiger partial charge in [-0.15, -0.1) is 11.3 Å². The number of nitro groups is 1. The van der Waals surface area contributed by atoms with Crippen molar-refractivity contribution in [3.63, 3.8) is 0 Å². The zero-order chi connectivity index (χ0) is 20.4. The van der Waals surface area contributed by atoms with Gasteiger partial charge in [0.05, 0.1) is 15.5 Å². The van der Waals surface area contributed by atoms with Gasteiger partial charge in [-0.1, -0.05) is 30.3 Å². The van der Waals surface area contributed by atoms with Crippen molar-refractivity contribution in [3.05, 3.63) is 80.6 Å². The fourth-order valence-electron chi connectivity index (χ4n) is 2.63. The van der Waals surface area contributed by atoms with Crippen LogP contribution in [0.1, 0.15) is 5.56 Å². The third-order valence-electron chi connectivity index (χ3n) is 4.16. The molecule has 0 bridgehead atoms. The Balaban J connectivity index is 1.56. The molecular weight excluding hydrogens is 408 g/mol. The second-order valence-corrected chi connectivity index (χ2v) is 7.94. The first kappa shape index (κ1) is 19.0. The molecule has 1 fully saturated rings. The highest BCUT2D eigenvalue weighted by atomic mass is 32.2. The van der Waals surface area contributed by atoms with Crippen LogP contribution in [0.15, 0.2) is 69.9 Å². The Morgan fingerprint density at radius 1 is 1.14 bits per heavy atom. The summed E-state index contributed by atoms with van der Waals surface area (Å²) in [5.74, 6) is -0.174. The average molecular weight is 422 g/mol. The van der Waals surface area contributed by atoms with Crippen LogP contribution in [0.3, 0.4) is 0 Å². The summed E-state index contributed by atoms with van der Waals surface area (Å²) < 4.78 is 0. The molecule has 2 aromatic carbocycles. The molecule has 144 valence electrons. The Kier molecular flexibility index (Phi) is 5.24. The SMILES string of the molecule is CN1C(=O)/C(=C/c2ccc([N+](=O)[O-])cc2)S/C1=N/c1nc(-c2ccccc2)cs1. The van der Waals surface area contributed by atoms with Crippen LogP contribution in [-0.2, 0) is 4.79 Å². The number of nitro benzene ring substituents is 1. The van der Waals surface area contributed by atoms with E-state index in [4.69, 9.17) is 0 Å². The van der Waals surface area contributed by atoms with E-state index >= 15 is 0 Å². The van der Waals surface area contributed by atoms with Crippen molar-refractivity contribution in [1.82, 2.24) is 9.88 Å². The molecule has 0 radical (unpaired) electrons. The van der Waals surface area contributed by atoms with Crippen molar-refractivity contribution in [3.8, 4) is 11.3 Å². The molecule has 3 aromatic rings. The second-order valence-electron chi connectivity index (χ2n) is 6.10. The summed E-state index contributed by atoms with van der Waals surface area (Å²) in [7, 11) is 1.66. The van der Waals surface area contributed by atoms with Crippen molar-refractivity contribution in [1.29, 1.82) is 0 Å². The largest absolute Gasteiger partial charge is 0.289 e. The summed E-state index contributed by atoms with van der Waals surface area (Å²) >= 11 is 2.66. The Hall–Kier alpha value is -3.30. The van der Waals surface area contributed by atoms with Gasteiger partial charge in [-0.25, -0.2) is 4.98 Å². The van der Waals surface area contributed by atoms with Crippen molar-refractivity contribution >= 4 is 51.1 Å². The number of hydrogen-bond acceptors (Lipinski definition) is 7. The maximum absolute atomic E-state index is 12.5. The van der Waals surface area contributed by atoms with Crippen LogP contribution in [0.2, 0.25) is 0 Å². The Morgan fingerprint density at radius 2 is 1.86 bits per heavy atom. The number of hydrogen-bond donors (Lipinski definition) is 0. The van der Waals surface area contributed by atoms with E-state index in [1.54, 1.807) is 25.3 Å². The van der Waals surface area contributed by atoms with E-state index in [1.165, 1.54) is 40.1 Å². The number of amides is 1. The number of nitrogens with zero attached hydrogens (tertiary/aromatic N) is 4. The Bertz CT molecular complexity index is 1140. The molecule has 0 N–H and O–H groups in total. The van der Waals surface area contributed by atoms with Crippen molar-refractivity contribution in [2.75, 3.05) is 7.05 Å². The zero-order valence-electron chi connectivity index (χ0n) is 15.2. The smallest absolute Gasteiger partial charge is 0.269 e. The molecule has 1 aromatic heterocycles. The Morgan fingerprint density at radius 3 is 2.55 bits per heavy atom. The van der Waals surface area contributed by atoms with E-state index in [0.29, 0.717) is 20.8 Å². The first-order valence-corrected chi connectivity index (χ1v) is 10.2. The van der Waals surface area contributed by atoms with E-state index in [1.807, 2.05) is 35.7 Å². The molecule has 0 aliphatic carbocycles. The monoisotopic (exact) mass is 422 g/mol. The number of benzene rings is 2. The lowest BCUT2D eigenvalue weighted by Gasteiger charge is -2.05. The summed E-state index contributed by atoms with van der Waals surface area (Å²) in [6.07, 6.45) is 1.70. The average Bonchev–Trinajstić information content (AvgIpc) is 3.30. The highest BCUT2D eigenvalue weighted by Crippen LogP contribution is 2.35. The fraction of sp³-hybridized carbons (Fsp3) is 0.0500. The van der Waals surface area contributed by atoms with E-state index in [0.717, 1.165) is 11.3 Å². The van der Waals surface area contributed by atoms with Crippen molar-refractivity contribution < 1.29 is 9.72 Å². The van der Waals surface area contributed by atoms with Gasteiger partial charge in [-0.3, -0.25) is 19.8 Å². The van der Waals surface area contributed by atoms with E-state index in [2.05, 4.69) is 9.98 Å². The molecule has 29 heavy (non-hydrogen) atoms. The first-order chi connectivity index (χ1) is 14.0. The maximum atomic E-state index is 12.5. The number of aliphatic imine (C=N–C) groups is 1. The molecule has 1 saturated heterocycles. The number of rotatable bonds is 4. The van der Waals surface area contributed by atoms with Crippen LogP contribution in [0.25, 0.3) is 17.3 Å². The summed E-state index contributed by atoms with van der Waals surface area (Å²) in [6, 6.07) is 15.9. The summed E-state index contributed by atoms with van der Waals surface area (Å²) in [5, 5.41) is 13.8. The molecule has 0 atom stereocenters. The van der Waals surface area contributed by atoms with Gasteiger partial charge in [0.2, 0.25) is 5.13 Å². The van der Waals surface area contributed by atoms with Crippen LogP contribution in [0.4, 0.5) is 10.8 Å². The van der Waals surface area contributed by atoms with E-state index in [9.17, 15) is 14.9 Å². The topological polar surface area (TPSA) is 88.7 Å². The van der Waals surface area contributed by atoms with E-state index in [-0.39, 0.29) is 11.6 Å². The predicted octanol–water partition coefficient (Wildman–Crippen LogP) is 4.95. The van der Waals surface area contributed by atoms with Gasteiger partial charge in [-0.05, 0) is 35.5 Å². The molecule has 4 rings (SSSR count). The van der Waals surface area contributed by atoms with E-state index < -0.39 is 4.92 Å². The number of carbonyl (C=O) groups excluding carboxylic acids is 1. The lowest BCUT2D eigenvalue weighted by atomic mass is 10.2. The van der Waals surface area contributed by atoms with Gasteiger partial charge in [-0.2, -0.15) is 4.99 Å². The highest BCUT2D eigenvalue weighted by molar-refractivity contribution is 8.18. The van der Waals surface area contributed by atoms with Gasteiger partial charge in [0.25, 0.3) is 11.6 Å². The van der Waals surface area contributed by atoms with Gasteiger partial charge >= 0.3 is 0 Å². The molecular formula is C20H14N4O3S2. The molecule has 2 heterocycles. The minimum Gasteiger partial charge on any atom is -0.289 e. The van der Waals surface area contributed by atoms with Crippen molar-refractivity contribution in [2.45, 2.75) is 0 Å². The number of thioether (sulfide) groups is 1. The quantitative estimate of drug-likeness (QED) is 0.337. The minimum absolute atomic E-state index is 0.00918. The van der Waals surface area contributed by atoms with Crippen LogP contribution < -0.4 is 0 Å². The molecule has 7 nitrogen and oxygen atoms in total. The molecule has 0 saturated carbocycles.